The SMILES string of the molecule is COc1ccc(CCC(=O)Nc2cccc(Cl)c2Cl)cc1C. The van der Waals surface area contributed by atoms with E-state index in [2.05, 4.69) is 5.32 Å². The fraction of sp³-hybridized carbons (Fsp3) is 0.235. The van der Waals surface area contributed by atoms with Gasteiger partial charge in [-0.2, -0.15) is 0 Å². The van der Waals surface area contributed by atoms with Crippen LogP contribution in [0.3, 0.4) is 0 Å². The standard InChI is InChI=1S/C17H17Cl2NO2/c1-11-10-12(6-8-15(11)22-2)7-9-16(21)20-14-5-3-4-13(18)17(14)19/h3-6,8,10H,7,9H2,1-2H3,(H,20,21). The van der Waals surface area contributed by atoms with Gasteiger partial charge in [0.2, 0.25) is 5.91 Å². The van der Waals surface area contributed by atoms with Crippen molar-refractivity contribution in [1.82, 2.24) is 0 Å². The number of rotatable bonds is 5. The number of anilines is 1. The molecule has 2 aromatic carbocycles. The van der Waals surface area contributed by atoms with Gasteiger partial charge in [-0.3, -0.25) is 4.79 Å². The summed E-state index contributed by atoms with van der Waals surface area (Å²) in [7, 11) is 1.64. The van der Waals surface area contributed by atoms with E-state index in [0.717, 1.165) is 16.9 Å². The molecule has 0 saturated heterocycles. The molecule has 2 aromatic rings. The minimum atomic E-state index is -0.0994. The molecule has 1 amide bonds. The molecule has 116 valence electrons. The van der Waals surface area contributed by atoms with Gasteiger partial charge in [0.1, 0.15) is 5.75 Å². The van der Waals surface area contributed by atoms with Crippen LogP contribution < -0.4 is 10.1 Å². The maximum atomic E-state index is 12.0. The predicted octanol–water partition coefficient (Wildman–Crippen LogP) is 4.88. The summed E-state index contributed by atoms with van der Waals surface area (Å²) in [6.07, 6.45) is 1.02. The molecule has 22 heavy (non-hydrogen) atoms. The summed E-state index contributed by atoms with van der Waals surface area (Å²) in [5.41, 5.74) is 2.68. The fourth-order valence-electron chi connectivity index (χ4n) is 2.17. The first kappa shape index (κ1) is 16.7. The van der Waals surface area contributed by atoms with Crippen molar-refractivity contribution in [2.24, 2.45) is 0 Å². The van der Waals surface area contributed by atoms with Crippen molar-refractivity contribution < 1.29 is 9.53 Å². The molecule has 0 radical (unpaired) electrons. The van der Waals surface area contributed by atoms with E-state index in [4.69, 9.17) is 27.9 Å². The molecule has 0 unspecified atom stereocenters. The first-order chi connectivity index (χ1) is 10.5. The van der Waals surface area contributed by atoms with E-state index in [0.29, 0.717) is 28.6 Å². The molecule has 1 N–H and O–H groups in total. The third-order valence-electron chi connectivity index (χ3n) is 3.33. The normalized spacial score (nSPS) is 10.4. The van der Waals surface area contributed by atoms with E-state index in [-0.39, 0.29) is 5.91 Å². The third kappa shape index (κ3) is 4.15. The van der Waals surface area contributed by atoms with Crippen molar-refractivity contribution in [3.05, 3.63) is 57.6 Å². The lowest BCUT2D eigenvalue weighted by Crippen LogP contribution is -2.12. The smallest absolute Gasteiger partial charge is 0.224 e. The molecule has 0 spiro atoms. The lowest BCUT2D eigenvalue weighted by atomic mass is 10.1. The van der Waals surface area contributed by atoms with Gasteiger partial charge >= 0.3 is 0 Å². The van der Waals surface area contributed by atoms with Crippen LogP contribution in [0.25, 0.3) is 0 Å². The van der Waals surface area contributed by atoms with E-state index in [1.54, 1.807) is 25.3 Å². The monoisotopic (exact) mass is 337 g/mol. The number of benzene rings is 2. The Morgan fingerprint density at radius 2 is 2.00 bits per heavy atom. The highest BCUT2D eigenvalue weighted by atomic mass is 35.5. The van der Waals surface area contributed by atoms with Crippen LogP contribution in [0.4, 0.5) is 5.69 Å². The highest BCUT2D eigenvalue weighted by Crippen LogP contribution is 2.29. The van der Waals surface area contributed by atoms with E-state index < -0.39 is 0 Å². The molecule has 0 aromatic heterocycles. The summed E-state index contributed by atoms with van der Waals surface area (Å²) >= 11 is 12.0. The Kier molecular flexibility index (Phi) is 5.69. The average Bonchev–Trinajstić information content (AvgIpc) is 2.50. The second-order valence-electron chi connectivity index (χ2n) is 4.95. The molecule has 2 rings (SSSR count). The summed E-state index contributed by atoms with van der Waals surface area (Å²) in [4.78, 5) is 12.0. The maximum absolute atomic E-state index is 12.0. The summed E-state index contributed by atoms with van der Waals surface area (Å²) in [6, 6.07) is 11.1. The van der Waals surface area contributed by atoms with Crippen molar-refractivity contribution in [1.29, 1.82) is 0 Å². The largest absolute Gasteiger partial charge is 0.496 e. The molecule has 0 atom stereocenters. The topological polar surface area (TPSA) is 38.3 Å². The fourth-order valence-corrected chi connectivity index (χ4v) is 2.51. The van der Waals surface area contributed by atoms with Gasteiger partial charge in [-0.05, 0) is 42.7 Å². The predicted molar refractivity (Wildman–Crippen MR) is 91.1 cm³/mol. The molecule has 0 bridgehead atoms. The Balaban J connectivity index is 1.95. The third-order valence-corrected chi connectivity index (χ3v) is 4.14. The zero-order chi connectivity index (χ0) is 16.1. The number of halogens is 2. The lowest BCUT2D eigenvalue weighted by molar-refractivity contribution is -0.116. The van der Waals surface area contributed by atoms with E-state index in [1.165, 1.54) is 0 Å². The Hall–Kier alpha value is -1.71. The Morgan fingerprint density at radius 3 is 2.68 bits per heavy atom. The van der Waals surface area contributed by atoms with Crippen LogP contribution in [0.5, 0.6) is 5.75 Å². The molecule has 3 nitrogen and oxygen atoms in total. The van der Waals surface area contributed by atoms with Gasteiger partial charge in [0.25, 0.3) is 0 Å². The molecule has 0 aliphatic heterocycles. The van der Waals surface area contributed by atoms with Crippen molar-refractivity contribution in [3.63, 3.8) is 0 Å². The van der Waals surface area contributed by atoms with Crippen molar-refractivity contribution >= 4 is 34.8 Å². The molecular weight excluding hydrogens is 321 g/mol. The van der Waals surface area contributed by atoms with Crippen LogP contribution in [-0.4, -0.2) is 13.0 Å². The number of aryl methyl sites for hydroxylation is 2. The van der Waals surface area contributed by atoms with Gasteiger partial charge in [0.05, 0.1) is 22.8 Å². The number of carbonyl (C=O) groups excluding carboxylic acids is 1. The summed E-state index contributed by atoms with van der Waals surface area (Å²) < 4.78 is 5.22. The van der Waals surface area contributed by atoms with Gasteiger partial charge in [0.15, 0.2) is 0 Å². The molecular formula is C17H17Cl2NO2. The lowest BCUT2D eigenvalue weighted by Gasteiger charge is -2.09. The second kappa shape index (κ2) is 7.52. The number of amides is 1. The molecule has 0 saturated carbocycles. The highest BCUT2D eigenvalue weighted by Gasteiger charge is 2.09. The van der Waals surface area contributed by atoms with Crippen molar-refractivity contribution in [2.45, 2.75) is 19.8 Å². The van der Waals surface area contributed by atoms with Crippen LogP contribution in [0.2, 0.25) is 10.0 Å². The average molecular weight is 338 g/mol. The molecule has 5 heteroatoms. The number of ether oxygens (including phenoxy) is 1. The molecule has 0 aliphatic rings. The van der Waals surface area contributed by atoms with E-state index in [9.17, 15) is 4.79 Å². The summed E-state index contributed by atoms with van der Waals surface area (Å²) in [6.45, 7) is 1.98. The minimum Gasteiger partial charge on any atom is -0.496 e. The van der Waals surface area contributed by atoms with Gasteiger partial charge < -0.3 is 10.1 Å². The molecule has 0 aliphatic carbocycles. The Labute approximate surface area is 140 Å². The van der Waals surface area contributed by atoms with Gasteiger partial charge in [-0.1, -0.05) is 41.4 Å². The van der Waals surface area contributed by atoms with Gasteiger partial charge in [0, 0.05) is 6.42 Å². The second-order valence-corrected chi connectivity index (χ2v) is 5.74. The number of hydrogen-bond acceptors (Lipinski definition) is 2. The van der Waals surface area contributed by atoms with E-state index in [1.807, 2.05) is 25.1 Å². The number of hydrogen-bond donors (Lipinski definition) is 1. The zero-order valence-corrected chi connectivity index (χ0v) is 14.0. The first-order valence-corrected chi connectivity index (χ1v) is 7.64. The Bertz CT molecular complexity index is 686. The number of nitrogens with one attached hydrogen (secondary N) is 1. The van der Waals surface area contributed by atoms with E-state index >= 15 is 0 Å². The number of carbonyl (C=O) groups is 1. The minimum absolute atomic E-state index is 0.0994. The quantitative estimate of drug-likeness (QED) is 0.844. The van der Waals surface area contributed by atoms with Gasteiger partial charge in [-0.15, -0.1) is 0 Å². The first-order valence-electron chi connectivity index (χ1n) is 6.88. The van der Waals surface area contributed by atoms with Gasteiger partial charge in [-0.25, -0.2) is 0 Å². The summed E-state index contributed by atoms with van der Waals surface area (Å²) in [5.74, 6) is 0.747. The Morgan fingerprint density at radius 1 is 1.23 bits per heavy atom. The number of methoxy groups -OCH3 is 1. The van der Waals surface area contributed by atoms with Crippen LogP contribution in [0, 0.1) is 6.92 Å². The van der Waals surface area contributed by atoms with Crippen LogP contribution in [-0.2, 0) is 11.2 Å². The molecule has 0 heterocycles. The van der Waals surface area contributed by atoms with Crippen LogP contribution >= 0.6 is 23.2 Å². The summed E-state index contributed by atoms with van der Waals surface area (Å²) in [5, 5.41) is 3.56. The van der Waals surface area contributed by atoms with Crippen molar-refractivity contribution in [3.8, 4) is 5.75 Å². The van der Waals surface area contributed by atoms with Crippen LogP contribution in [0.15, 0.2) is 36.4 Å². The zero-order valence-electron chi connectivity index (χ0n) is 12.5. The van der Waals surface area contributed by atoms with Crippen molar-refractivity contribution in [2.75, 3.05) is 12.4 Å². The molecule has 0 fully saturated rings. The van der Waals surface area contributed by atoms with Crippen LogP contribution in [0.1, 0.15) is 17.5 Å². The highest BCUT2D eigenvalue weighted by molar-refractivity contribution is 6.43. The maximum Gasteiger partial charge on any atom is 0.224 e.